The van der Waals surface area contributed by atoms with Crippen LogP contribution in [-0.2, 0) is 0 Å². The second-order valence-corrected chi connectivity index (χ2v) is 13.2. The summed E-state index contributed by atoms with van der Waals surface area (Å²) in [6, 6.07) is 65.2. The van der Waals surface area contributed by atoms with Crippen molar-refractivity contribution >= 4 is 32.7 Å². The lowest BCUT2D eigenvalue weighted by Crippen LogP contribution is -2.01. The van der Waals surface area contributed by atoms with Crippen LogP contribution in [0.1, 0.15) is 0 Å². The SMILES string of the molecule is c1ccc(-c2nc(-c3ccc(-c4ccccc4)c(-c4ccccc4)c3)nc(-c3cccc4oc5cc(-c6ccc7ccccc7c6)ccc5c34)n2)cc1. The van der Waals surface area contributed by atoms with Gasteiger partial charge in [0, 0.05) is 27.5 Å². The molecule has 4 nitrogen and oxygen atoms in total. The number of benzene rings is 8. The summed E-state index contributed by atoms with van der Waals surface area (Å²) in [6.45, 7) is 0. The van der Waals surface area contributed by atoms with Crippen LogP contribution < -0.4 is 0 Å². The summed E-state index contributed by atoms with van der Waals surface area (Å²) in [6.07, 6.45) is 0. The van der Waals surface area contributed by atoms with Gasteiger partial charge in [0.05, 0.1) is 0 Å². The lowest BCUT2D eigenvalue weighted by molar-refractivity contribution is 0.669. The minimum Gasteiger partial charge on any atom is -0.456 e. The molecule has 0 amide bonds. The topological polar surface area (TPSA) is 51.8 Å². The van der Waals surface area contributed by atoms with Gasteiger partial charge in [-0.3, -0.25) is 0 Å². The van der Waals surface area contributed by atoms with Gasteiger partial charge in [-0.05, 0) is 74.5 Å². The first-order chi connectivity index (χ1) is 26.2. The average Bonchev–Trinajstić information content (AvgIpc) is 3.62. The first kappa shape index (κ1) is 30.6. The van der Waals surface area contributed by atoms with Gasteiger partial charge in [0.2, 0.25) is 0 Å². The molecule has 4 heteroatoms. The predicted molar refractivity (Wildman–Crippen MR) is 217 cm³/mol. The fraction of sp³-hybridized carbons (Fsp3) is 0. The van der Waals surface area contributed by atoms with Gasteiger partial charge < -0.3 is 4.42 Å². The molecule has 53 heavy (non-hydrogen) atoms. The summed E-state index contributed by atoms with van der Waals surface area (Å²) in [5.74, 6) is 1.81. The maximum absolute atomic E-state index is 6.54. The fourth-order valence-corrected chi connectivity index (χ4v) is 7.31. The Bertz CT molecular complexity index is 2940. The standard InChI is InChI=1S/C49H31N3O/c1-4-14-33(15-5-1)40-27-26-39(30-43(40)34-16-6-2-7-17-34)48-50-47(35-18-8-3-9-19-35)51-49(52-48)42-21-12-22-44-46(42)41-28-25-38(31-45(41)53-44)37-24-23-32-13-10-11-20-36(32)29-37/h1-31H. The van der Waals surface area contributed by atoms with Crippen molar-refractivity contribution in [2.45, 2.75) is 0 Å². The fourth-order valence-electron chi connectivity index (χ4n) is 7.31. The molecule has 0 radical (unpaired) electrons. The lowest BCUT2D eigenvalue weighted by Gasteiger charge is -2.14. The number of aromatic nitrogens is 3. The molecule has 0 spiro atoms. The smallest absolute Gasteiger partial charge is 0.164 e. The van der Waals surface area contributed by atoms with Crippen LogP contribution in [0.25, 0.3) is 100 Å². The number of furan rings is 1. The highest BCUT2D eigenvalue weighted by atomic mass is 16.3. The molecule has 10 rings (SSSR count). The normalized spacial score (nSPS) is 11.4. The molecule has 0 unspecified atom stereocenters. The molecule has 0 saturated heterocycles. The second kappa shape index (κ2) is 12.9. The van der Waals surface area contributed by atoms with E-state index in [1.807, 2.05) is 54.6 Å². The summed E-state index contributed by atoms with van der Waals surface area (Å²) in [5.41, 5.74) is 11.1. The van der Waals surface area contributed by atoms with E-state index in [2.05, 4.69) is 133 Å². The molecule has 8 aromatic carbocycles. The van der Waals surface area contributed by atoms with E-state index in [1.54, 1.807) is 0 Å². The largest absolute Gasteiger partial charge is 0.456 e. The van der Waals surface area contributed by atoms with E-state index in [-0.39, 0.29) is 0 Å². The van der Waals surface area contributed by atoms with Crippen molar-refractivity contribution in [3.8, 4) is 67.5 Å². The number of rotatable bonds is 6. The van der Waals surface area contributed by atoms with Crippen LogP contribution >= 0.6 is 0 Å². The van der Waals surface area contributed by atoms with Gasteiger partial charge >= 0.3 is 0 Å². The molecule has 2 heterocycles. The van der Waals surface area contributed by atoms with E-state index in [0.29, 0.717) is 17.5 Å². The Morgan fingerprint density at radius 3 is 1.64 bits per heavy atom. The first-order valence-corrected chi connectivity index (χ1v) is 17.8. The van der Waals surface area contributed by atoms with Crippen LogP contribution in [0.2, 0.25) is 0 Å². The Labute approximate surface area is 306 Å². The van der Waals surface area contributed by atoms with Crippen molar-refractivity contribution in [3.05, 3.63) is 188 Å². The third kappa shape index (κ3) is 5.63. The Hall–Kier alpha value is -7.17. The zero-order valence-electron chi connectivity index (χ0n) is 28.6. The Morgan fingerprint density at radius 1 is 0.302 bits per heavy atom. The van der Waals surface area contributed by atoms with E-state index < -0.39 is 0 Å². The van der Waals surface area contributed by atoms with Crippen molar-refractivity contribution in [2.24, 2.45) is 0 Å². The van der Waals surface area contributed by atoms with Gasteiger partial charge in [-0.2, -0.15) is 0 Å². The highest BCUT2D eigenvalue weighted by Gasteiger charge is 2.19. The number of nitrogens with zero attached hydrogens (tertiary/aromatic N) is 3. The zero-order chi connectivity index (χ0) is 35.1. The quantitative estimate of drug-likeness (QED) is 0.176. The van der Waals surface area contributed by atoms with Gasteiger partial charge in [0.25, 0.3) is 0 Å². The molecule has 0 aliphatic carbocycles. The molecular formula is C49H31N3O. The van der Waals surface area contributed by atoms with Crippen LogP contribution in [0.4, 0.5) is 0 Å². The number of hydrogen-bond donors (Lipinski definition) is 0. The van der Waals surface area contributed by atoms with Gasteiger partial charge in [-0.15, -0.1) is 0 Å². The summed E-state index contributed by atoms with van der Waals surface area (Å²) < 4.78 is 6.54. The molecule has 0 fully saturated rings. The minimum absolute atomic E-state index is 0.592. The highest BCUT2D eigenvalue weighted by Crippen LogP contribution is 2.40. The van der Waals surface area contributed by atoms with E-state index in [1.165, 1.54) is 10.8 Å². The van der Waals surface area contributed by atoms with Crippen molar-refractivity contribution in [3.63, 3.8) is 0 Å². The molecule has 0 bridgehead atoms. The van der Waals surface area contributed by atoms with Gasteiger partial charge in [0.15, 0.2) is 17.5 Å². The maximum atomic E-state index is 6.54. The van der Waals surface area contributed by atoms with Crippen molar-refractivity contribution in [1.29, 1.82) is 0 Å². The third-order valence-corrected chi connectivity index (χ3v) is 9.94. The van der Waals surface area contributed by atoms with Gasteiger partial charge in [-0.25, -0.2) is 15.0 Å². The van der Waals surface area contributed by atoms with Crippen LogP contribution in [0.15, 0.2) is 192 Å². The van der Waals surface area contributed by atoms with Crippen LogP contribution in [0.3, 0.4) is 0 Å². The molecule has 0 aliphatic rings. The molecule has 0 aliphatic heterocycles. The molecule has 0 N–H and O–H groups in total. The second-order valence-electron chi connectivity index (χ2n) is 13.2. The van der Waals surface area contributed by atoms with E-state index in [0.717, 1.165) is 72.0 Å². The molecule has 248 valence electrons. The lowest BCUT2D eigenvalue weighted by atomic mass is 9.92. The molecule has 10 aromatic rings. The number of hydrogen-bond acceptors (Lipinski definition) is 4. The van der Waals surface area contributed by atoms with Crippen molar-refractivity contribution < 1.29 is 4.42 Å². The summed E-state index contributed by atoms with van der Waals surface area (Å²) in [5, 5.41) is 4.43. The minimum atomic E-state index is 0.592. The monoisotopic (exact) mass is 677 g/mol. The van der Waals surface area contributed by atoms with Crippen LogP contribution in [0, 0.1) is 0 Å². The first-order valence-electron chi connectivity index (χ1n) is 17.8. The molecular weight excluding hydrogens is 647 g/mol. The van der Waals surface area contributed by atoms with Crippen LogP contribution in [0.5, 0.6) is 0 Å². The molecule has 0 saturated carbocycles. The maximum Gasteiger partial charge on any atom is 0.164 e. The van der Waals surface area contributed by atoms with Crippen molar-refractivity contribution in [1.82, 2.24) is 15.0 Å². The Kier molecular flexibility index (Phi) is 7.43. The Morgan fingerprint density at radius 2 is 0.887 bits per heavy atom. The van der Waals surface area contributed by atoms with E-state index >= 15 is 0 Å². The molecule has 2 aromatic heterocycles. The number of fused-ring (bicyclic) bond motifs is 4. The van der Waals surface area contributed by atoms with Crippen molar-refractivity contribution in [2.75, 3.05) is 0 Å². The average molecular weight is 678 g/mol. The third-order valence-electron chi connectivity index (χ3n) is 9.94. The summed E-state index contributed by atoms with van der Waals surface area (Å²) in [7, 11) is 0. The van der Waals surface area contributed by atoms with E-state index in [9.17, 15) is 0 Å². The Balaban J connectivity index is 1.15. The van der Waals surface area contributed by atoms with E-state index in [4.69, 9.17) is 19.4 Å². The summed E-state index contributed by atoms with van der Waals surface area (Å²) >= 11 is 0. The summed E-state index contributed by atoms with van der Waals surface area (Å²) in [4.78, 5) is 15.4. The van der Waals surface area contributed by atoms with Crippen LogP contribution in [-0.4, -0.2) is 15.0 Å². The highest BCUT2D eigenvalue weighted by molar-refractivity contribution is 6.12. The molecule has 0 atom stereocenters. The predicted octanol–water partition coefficient (Wildman–Crippen LogP) is 12.9. The van der Waals surface area contributed by atoms with Gasteiger partial charge in [0.1, 0.15) is 11.2 Å². The van der Waals surface area contributed by atoms with Gasteiger partial charge in [-0.1, -0.05) is 158 Å². The zero-order valence-corrected chi connectivity index (χ0v) is 28.6.